The number of ether oxygens (including phenoxy) is 2. The summed E-state index contributed by atoms with van der Waals surface area (Å²) >= 11 is 1.93. The molecule has 0 spiro atoms. The molecule has 4 heteroatoms. The molecule has 1 heterocycles. The van der Waals surface area contributed by atoms with Gasteiger partial charge in [-0.3, -0.25) is 0 Å². The lowest BCUT2D eigenvalue weighted by molar-refractivity contribution is -0.137. The SMILES string of the molecule is CSCCCCCNCC1CCOCO1. The predicted molar refractivity (Wildman–Crippen MR) is 65.4 cm³/mol. The van der Waals surface area contributed by atoms with Crippen molar-refractivity contribution < 1.29 is 9.47 Å². The second-order valence-corrected chi connectivity index (χ2v) is 4.85. The van der Waals surface area contributed by atoms with Crippen LogP contribution in [0.1, 0.15) is 25.7 Å². The lowest BCUT2D eigenvalue weighted by Crippen LogP contribution is -2.34. The van der Waals surface area contributed by atoms with Crippen LogP contribution in [0.3, 0.4) is 0 Å². The third-order valence-electron chi connectivity index (χ3n) is 2.55. The first-order chi connectivity index (χ1) is 7.43. The fourth-order valence-electron chi connectivity index (χ4n) is 1.60. The molecule has 1 N–H and O–H groups in total. The molecule has 0 aromatic rings. The minimum absolute atomic E-state index is 0.366. The molecular weight excluding hydrogens is 210 g/mol. The maximum Gasteiger partial charge on any atom is 0.147 e. The number of hydrogen-bond donors (Lipinski definition) is 1. The van der Waals surface area contributed by atoms with Crippen LogP contribution in [-0.4, -0.2) is 44.6 Å². The van der Waals surface area contributed by atoms with Crippen molar-refractivity contribution >= 4 is 11.8 Å². The minimum Gasteiger partial charge on any atom is -0.355 e. The summed E-state index contributed by atoms with van der Waals surface area (Å²) in [7, 11) is 0. The van der Waals surface area contributed by atoms with Crippen molar-refractivity contribution in [2.24, 2.45) is 0 Å². The summed E-state index contributed by atoms with van der Waals surface area (Å²) in [5.74, 6) is 1.29. The van der Waals surface area contributed by atoms with Gasteiger partial charge in [0, 0.05) is 6.54 Å². The van der Waals surface area contributed by atoms with Gasteiger partial charge in [0.05, 0.1) is 12.7 Å². The van der Waals surface area contributed by atoms with Gasteiger partial charge in [0.1, 0.15) is 6.79 Å². The molecule has 1 fully saturated rings. The van der Waals surface area contributed by atoms with Gasteiger partial charge in [-0.1, -0.05) is 6.42 Å². The van der Waals surface area contributed by atoms with Crippen LogP contribution >= 0.6 is 11.8 Å². The summed E-state index contributed by atoms with van der Waals surface area (Å²) in [6.07, 6.45) is 7.52. The Kier molecular flexibility index (Phi) is 8.38. The summed E-state index contributed by atoms with van der Waals surface area (Å²) in [4.78, 5) is 0. The summed E-state index contributed by atoms with van der Waals surface area (Å²) in [5, 5.41) is 3.44. The molecular formula is C11H23NO2S. The van der Waals surface area contributed by atoms with Gasteiger partial charge in [-0.25, -0.2) is 0 Å². The van der Waals surface area contributed by atoms with E-state index in [-0.39, 0.29) is 0 Å². The van der Waals surface area contributed by atoms with Gasteiger partial charge in [0.25, 0.3) is 0 Å². The Bertz CT molecular complexity index is 141. The highest BCUT2D eigenvalue weighted by Gasteiger charge is 2.12. The number of thioether (sulfide) groups is 1. The maximum absolute atomic E-state index is 5.43. The van der Waals surface area contributed by atoms with Crippen LogP contribution in [0.4, 0.5) is 0 Å². The van der Waals surface area contributed by atoms with Crippen LogP contribution < -0.4 is 5.32 Å². The normalized spacial score (nSPS) is 21.8. The molecule has 0 amide bonds. The van der Waals surface area contributed by atoms with E-state index in [9.17, 15) is 0 Å². The molecule has 1 saturated heterocycles. The average Bonchev–Trinajstić information content (AvgIpc) is 2.29. The minimum atomic E-state index is 0.366. The quantitative estimate of drug-likeness (QED) is 0.648. The van der Waals surface area contributed by atoms with Crippen LogP contribution in [0.15, 0.2) is 0 Å². The van der Waals surface area contributed by atoms with Crippen LogP contribution in [0, 0.1) is 0 Å². The lowest BCUT2D eigenvalue weighted by Gasteiger charge is -2.22. The lowest BCUT2D eigenvalue weighted by atomic mass is 10.2. The van der Waals surface area contributed by atoms with E-state index in [1.54, 1.807) is 0 Å². The summed E-state index contributed by atoms with van der Waals surface area (Å²) in [6.45, 7) is 3.42. The van der Waals surface area contributed by atoms with E-state index >= 15 is 0 Å². The van der Waals surface area contributed by atoms with Crippen molar-refractivity contribution in [2.45, 2.75) is 31.8 Å². The van der Waals surface area contributed by atoms with E-state index in [2.05, 4.69) is 11.6 Å². The molecule has 3 nitrogen and oxygen atoms in total. The number of hydrogen-bond acceptors (Lipinski definition) is 4. The van der Waals surface area contributed by atoms with Gasteiger partial charge < -0.3 is 14.8 Å². The zero-order valence-corrected chi connectivity index (χ0v) is 10.5. The van der Waals surface area contributed by atoms with Crippen molar-refractivity contribution in [3.05, 3.63) is 0 Å². The number of rotatable bonds is 8. The number of unbranched alkanes of at least 4 members (excludes halogenated alkanes) is 2. The summed E-state index contributed by atoms with van der Waals surface area (Å²) in [6, 6.07) is 0. The topological polar surface area (TPSA) is 30.5 Å². The van der Waals surface area contributed by atoms with Gasteiger partial charge in [0.2, 0.25) is 0 Å². The molecule has 0 radical (unpaired) electrons. The maximum atomic E-state index is 5.43. The van der Waals surface area contributed by atoms with Gasteiger partial charge in [-0.15, -0.1) is 0 Å². The Morgan fingerprint density at radius 2 is 2.27 bits per heavy atom. The zero-order chi connectivity index (χ0) is 10.8. The Morgan fingerprint density at radius 1 is 1.33 bits per heavy atom. The zero-order valence-electron chi connectivity index (χ0n) is 9.67. The van der Waals surface area contributed by atoms with Crippen LogP contribution in [-0.2, 0) is 9.47 Å². The van der Waals surface area contributed by atoms with E-state index in [1.807, 2.05) is 11.8 Å². The van der Waals surface area contributed by atoms with E-state index in [0.717, 1.165) is 26.1 Å². The Hall–Kier alpha value is 0.230. The molecule has 1 aliphatic rings. The van der Waals surface area contributed by atoms with E-state index in [0.29, 0.717) is 12.9 Å². The standard InChI is InChI=1S/C11H23NO2S/c1-15-8-4-2-3-6-12-9-11-5-7-13-10-14-11/h11-12H,2-10H2,1H3. The second-order valence-electron chi connectivity index (χ2n) is 3.86. The fourth-order valence-corrected chi connectivity index (χ4v) is 2.09. The molecule has 0 aromatic heterocycles. The van der Waals surface area contributed by atoms with Crippen LogP contribution in [0.25, 0.3) is 0 Å². The first-order valence-electron chi connectivity index (χ1n) is 5.82. The Labute approximate surface area is 97.3 Å². The highest BCUT2D eigenvalue weighted by molar-refractivity contribution is 7.98. The molecule has 0 bridgehead atoms. The molecule has 0 aromatic carbocycles. The van der Waals surface area contributed by atoms with Gasteiger partial charge >= 0.3 is 0 Å². The molecule has 15 heavy (non-hydrogen) atoms. The first kappa shape index (κ1) is 13.3. The van der Waals surface area contributed by atoms with Crippen molar-refractivity contribution in [1.29, 1.82) is 0 Å². The van der Waals surface area contributed by atoms with E-state index in [1.165, 1.54) is 25.0 Å². The van der Waals surface area contributed by atoms with E-state index < -0.39 is 0 Å². The van der Waals surface area contributed by atoms with E-state index in [4.69, 9.17) is 9.47 Å². The molecule has 1 atom stereocenters. The van der Waals surface area contributed by atoms with Crippen molar-refractivity contribution in [1.82, 2.24) is 5.32 Å². The first-order valence-corrected chi connectivity index (χ1v) is 7.22. The molecule has 90 valence electrons. The second kappa shape index (κ2) is 9.46. The van der Waals surface area contributed by atoms with Crippen LogP contribution in [0.5, 0.6) is 0 Å². The van der Waals surface area contributed by atoms with Crippen molar-refractivity contribution in [3.8, 4) is 0 Å². The van der Waals surface area contributed by atoms with Crippen molar-refractivity contribution in [3.63, 3.8) is 0 Å². The van der Waals surface area contributed by atoms with Crippen molar-refractivity contribution in [2.75, 3.05) is 38.5 Å². The van der Waals surface area contributed by atoms with Crippen LogP contribution in [0.2, 0.25) is 0 Å². The summed E-state index contributed by atoms with van der Waals surface area (Å²) < 4.78 is 10.6. The third-order valence-corrected chi connectivity index (χ3v) is 3.24. The van der Waals surface area contributed by atoms with Gasteiger partial charge in [0.15, 0.2) is 0 Å². The third kappa shape index (κ3) is 7.17. The smallest absolute Gasteiger partial charge is 0.147 e. The highest BCUT2D eigenvalue weighted by atomic mass is 32.2. The monoisotopic (exact) mass is 233 g/mol. The fraction of sp³-hybridized carbons (Fsp3) is 1.00. The molecule has 1 rings (SSSR count). The Balaban J connectivity index is 1.79. The highest BCUT2D eigenvalue weighted by Crippen LogP contribution is 2.05. The van der Waals surface area contributed by atoms with Gasteiger partial charge in [-0.2, -0.15) is 11.8 Å². The summed E-state index contributed by atoms with van der Waals surface area (Å²) in [5.41, 5.74) is 0. The molecule has 0 aliphatic carbocycles. The average molecular weight is 233 g/mol. The largest absolute Gasteiger partial charge is 0.355 e. The number of nitrogens with one attached hydrogen (secondary N) is 1. The Morgan fingerprint density at radius 3 is 3.00 bits per heavy atom. The molecule has 1 aliphatic heterocycles. The van der Waals surface area contributed by atoms with Gasteiger partial charge in [-0.05, 0) is 37.8 Å². The molecule has 0 saturated carbocycles. The molecule has 1 unspecified atom stereocenters. The predicted octanol–water partition coefficient (Wildman–Crippen LogP) is 1.87.